The maximum absolute atomic E-state index is 5.14. The van der Waals surface area contributed by atoms with E-state index in [2.05, 4.69) is 41.3 Å². The lowest BCUT2D eigenvalue weighted by molar-refractivity contribution is 0.294. The summed E-state index contributed by atoms with van der Waals surface area (Å²) in [6.45, 7) is 3.18. The van der Waals surface area contributed by atoms with Crippen molar-refractivity contribution in [1.82, 2.24) is 4.90 Å². The van der Waals surface area contributed by atoms with E-state index in [1.54, 1.807) is 6.26 Å². The van der Waals surface area contributed by atoms with Crippen LogP contribution < -0.4 is 0 Å². The van der Waals surface area contributed by atoms with E-state index in [0.29, 0.717) is 0 Å². The highest BCUT2D eigenvalue weighted by Crippen LogP contribution is 2.23. The highest BCUT2D eigenvalue weighted by Gasteiger charge is 2.13. The van der Waals surface area contributed by atoms with Gasteiger partial charge in [0.2, 0.25) is 0 Å². The molecule has 0 fully saturated rings. The molecule has 3 rings (SSSR count). The van der Waals surface area contributed by atoms with Crippen molar-refractivity contribution in [2.45, 2.75) is 13.0 Å². The Morgan fingerprint density at radius 1 is 1.11 bits per heavy atom. The fourth-order valence-electron chi connectivity index (χ4n) is 2.41. The van der Waals surface area contributed by atoms with Crippen LogP contribution in [0.3, 0.4) is 0 Å². The van der Waals surface area contributed by atoms with Gasteiger partial charge in [-0.15, -0.1) is 0 Å². The minimum absolute atomic E-state index is 1.02. The van der Waals surface area contributed by atoms with Gasteiger partial charge < -0.3 is 4.42 Å². The van der Waals surface area contributed by atoms with E-state index in [-0.39, 0.29) is 0 Å². The molecular weight excluding hydrogens is 222 g/mol. The van der Waals surface area contributed by atoms with Gasteiger partial charge in [0.25, 0.3) is 0 Å². The lowest BCUT2D eigenvalue weighted by Gasteiger charge is -2.26. The van der Waals surface area contributed by atoms with Crippen molar-refractivity contribution in [3.8, 4) is 0 Å². The average Bonchev–Trinajstić information content (AvgIpc) is 2.95. The number of rotatable bonds is 3. The minimum Gasteiger partial charge on any atom is -0.472 e. The van der Waals surface area contributed by atoms with Crippen LogP contribution in [0.15, 0.2) is 59.4 Å². The molecule has 1 aromatic heterocycles. The fourth-order valence-corrected chi connectivity index (χ4v) is 2.41. The third kappa shape index (κ3) is 2.54. The summed E-state index contributed by atoms with van der Waals surface area (Å²) < 4.78 is 5.14. The number of hydrogen-bond acceptors (Lipinski definition) is 2. The van der Waals surface area contributed by atoms with Gasteiger partial charge in [0, 0.05) is 25.2 Å². The van der Waals surface area contributed by atoms with Crippen molar-refractivity contribution in [1.29, 1.82) is 0 Å². The molecule has 0 saturated heterocycles. The molecule has 0 aliphatic carbocycles. The van der Waals surface area contributed by atoms with Crippen molar-refractivity contribution in [3.05, 3.63) is 66.1 Å². The molecule has 2 nitrogen and oxygen atoms in total. The Bertz CT molecular complexity index is 513. The number of hydrogen-bond donors (Lipinski definition) is 0. The van der Waals surface area contributed by atoms with Gasteiger partial charge in [-0.2, -0.15) is 0 Å². The number of benzene rings is 1. The zero-order chi connectivity index (χ0) is 12.2. The van der Waals surface area contributed by atoms with Crippen LogP contribution in [-0.2, 0) is 6.54 Å². The molecule has 1 aliphatic rings. The van der Waals surface area contributed by atoms with E-state index in [4.69, 9.17) is 4.42 Å². The van der Waals surface area contributed by atoms with E-state index < -0.39 is 0 Å². The first-order valence-electron chi connectivity index (χ1n) is 6.40. The zero-order valence-corrected chi connectivity index (χ0v) is 10.4. The van der Waals surface area contributed by atoms with Crippen molar-refractivity contribution < 1.29 is 4.42 Å². The zero-order valence-electron chi connectivity index (χ0n) is 10.4. The molecule has 2 heteroatoms. The van der Waals surface area contributed by atoms with Gasteiger partial charge in [-0.1, -0.05) is 36.4 Å². The highest BCUT2D eigenvalue weighted by molar-refractivity contribution is 5.65. The third-order valence-corrected chi connectivity index (χ3v) is 3.43. The summed E-state index contributed by atoms with van der Waals surface area (Å²) in [5, 5.41) is 0. The molecule has 92 valence electrons. The number of furan rings is 1. The third-order valence-electron chi connectivity index (χ3n) is 3.43. The Kier molecular flexibility index (Phi) is 3.29. The quantitative estimate of drug-likeness (QED) is 0.814. The Morgan fingerprint density at radius 2 is 2.00 bits per heavy atom. The van der Waals surface area contributed by atoms with Crippen LogP contribution in [0.5, 0.6) is 0 Å². The lowest BCUT2D eigenvalue weighted by Crippen LogP contribution is -2.27. The molecule has 0 bridgehead atoms. The van der Waals surface area contributed by atoms with Crippen LogP contribution in [-0.4, -0.2) is 18.0 Å². The van der Waals surface area contributed by atoms with Crippen molar-refractivity contribution in [2.24, 2.45) is 0 Å². The summed E-state index contributed by atoms with van der Waals surface area (Å²) in [4.78, 5) is 2.47. The first kappa shape index (κ1) is 11.3. The van der Waals surface area contributed by atoms with E-state index in [1.807, 2.05) is 12.3 Å². The van der Waals surface area contributed by atoms with Gasteiger partial charge in [-0.25, -0.2) is 0 Å². The SMILES string of the molecule is C1=C(c2ccoc2)CCN(Cc2ccccc2)C1. The first-order chi connectivity index (χ1) is 8.92. The van der Waals surface area contributed by atoms with Crippen molar-refractivity contribution >= 4 is 5.57 Å². The molecule has 2 heterocycles. The number of nitrogens with zero attached hydrogens (tertiary/aromatic N) is 1. The van der Waals surface area contributed by atoms with E-state index >= 15 is 0 Å². The van der Waals surface area contributed by atoms with Crippen LogP contribution in [0.1, 0.15) is 17.5 Å². The van der Waals surface area contributed by atoms with Gasteiger partial charge in [-0.3, -0.25) is 4.90 Å². The van der Waals surface area contributed by atoms with E-state index in [1.165, 1.54) is 16.7 Å². The van der Waals surface area contributed by atoms with Gasteiger partial charge in [0.15, 0.2) is 0 Å². The summed E-state index contributed by atoms with van der Waals surface area (Å²) in [6.07, 6.45) is 6.99. The van der Waals surface area contributed by atoms with E-state index in [0.717, 1.165) is 26.1 Å². The largest absolute Gasteiger partial charge is 0.472 e. The van der Waals surface area contributed by atoms with Crippen LogP contribution in [0.4, 0.5) is 0 Å². The summed E-state index contributed by atoms with van der Waals surface area (Å²) in [5.74, 6) is 0. The van der Waals surface area contributed by atoms with Crippen LogP contribution in [0.2, 0.25) is 0 Å². The standard InChI is InChI=1S/C16H17NO/c1-2-4-14(5-3-1)12-17-9-6-15(7-10-17)16-8-11-18-13-16/h1-6,8,11,13H,7,9-10,12H2. The summed E-state index contributed by atoms with van der Waals surface area (Å²) >= 11 is 0. The van der Waals surface area contributed by atoms with Gasteiger partial charge in [0.1, 0.15) is 0 Å². The Labute approximate surface area is 108 Å². The minimum atomic E-state index is 1.02. The lowest BCUT2D eigenvalue weighted by atomic mass is 10.0. The summed E-state index contributed by atoms with van der Waals surface area (Å²) in [6, 6.07) is 12.7. The Morgan fingerprint density at radius 3 is 2.67 bits per heavy atom. The molecule has 0 N–H and O–H groups in total. The second kappa shape index (κ2) is 5.23. The molecule has 2 aromatic rings. The molecular formula is C16H17NO. The predicted molar refractivity (Wildman–Crippen MR) is 73.0 cm³/mol. The normalized spacial score (nSPS) is 16.6. The highest BCUT2D eigenvalue weighted by atomic mass is 16.3. The van der Waals surface area contributed by atoms with Crippen LogP contribution in [0, 0.1) is 0 Å². The van der Waals surface area contributed by atoms with Gasteiger partial charge >= 0.3 is 0 Å². The second-order valence-electron chi connectivity index (χ2n) is 4.71. The fraction of sp³-hybridized carbons (Fsp3) is 0.250. The molecule has 0 spiro atoms. The molecule has 0 unspecified atom stereocenters. The second-order valence-corrected chi connectivity index (χ2v) is 4.71. The first-order valence-corrected chi connectivity index (χ1v) is 6.40. The molecule has 1 aromatic carbocycles. The van der Waals surface area contributed by atoms with Gasteiger partial charge in [-0.05, 0) is 23.6 Å². The Balaban J connectivity index is 1.63. The average molecular weight is 239 g/mol. The molecule has 0 amide bonds. The topological polar surface area (TPSA) is 16.4 Å². The Hall–Kier alpha value is -1.80. The maximum atomic E-state index is 5.14. The summed E-state index contributed by atoms with van der Waals surface area (Å²) in [5.41, 5.74) is 4.03. The van der Waals surface area contributed by atoms with E-state index in [9.17, 15) is 0 Å². The predicted octanol–water partition coefficient (Wildman–Crippen LogP) is 3.57. The smallest absolute Gasteiger partial charge is 0.0977 e. The monoisotopic (exact) mass is 239 g/mol. The molecule has 1 aliphatic heterocycles. The maximum Gasteiger partial charge on any atom is 0.0977 e. The molecule has 0 atom stereocenters. The van der Waals surface area contributed by atoms with Crippen molar-refractivity contribution in [2.75, 3.05) is 13.1 Å². The summed E-state index contributed by atoms with van der Waals surface area (Å²) in [7, 11) is 0. The molecule has 0 saturated carbocycles. The van der Waals surface area contributed by atoms with Crippen molar-refractivity contribution in [3.63, 3.8) is 0 Å². The van der Waals surface area contributed by atoms with Gasteiger partial charge in [0.05, 0.1) is 12.5 Å². The van der Waals surface area contributed by atoms with Crippen LogP contribution >= 0.6 is 0 Å². The molecule has 18 heavy (non-hydrogen) atoms. The molecule has 0 radical (unpaired) electrons. The van der Waals surface area contributed by atoms with Crippen LogP contribution in [0.25, 0.3) is 5.57 Å².